The molecule has 6 heteroatoms. The number of ether oxygens (including phenoxy) is 1. The zero-order valence-electron chi connectivity index (χ0n) is 14.8. The first-order valence-electron chi connectivity index (χ1n) is 8.48. The Labute approximate surface area is 152 Å². The third-order valence-corrected chi connectivity index (χ3v) is 4.84. The van der Waals surface area contributed by atoms with Crippen molar-refractivity contribution in [3.05, 3.63) is 59.7 Å². The normalized spacial score (nSPS) is 19.9. The van der Waals surface area contributed by atoms with Gasteiger partial charge in [-0.2, -0.15) is 0 Å². The van der Waals surface area contributed by atoms with Gasteiger partial charge in [0.15, 0.2) is 0 Å². The van der Waals surface area contributed by atoms with Gasteiger partial charge in [0.25, 0.3) is 0 Å². The number of methoxy groups -OCH3 is 1. The molecule has 1 saturated heterocycles. The number of hydrogen-bond acceptors (Lipinski definition) is 4. The van der Waals surface area contributed by atoms with Crippen LogP contribution in [0.3, 0.4) is 0 Å². The minimum Gasteiger partial charge on any atom is -0.496 e. The van der Waals surface area contributed by atoms with Crippen molar-refractivity contribution < 1.29 is 19.4 Å². The summed E-state index contributed by atoms with van der Waals surface area (Å²) in [6, 6.07) is 14.3. The highest BCUT2D eigenvalue weighted by atomic mass is 16.5. The Balaban J connectivity index is 1.81. The number of likely N-dealkylation sites (tertiary alicyclic amines) is 1. The first-order chi connectivity index (χ1) is 12.5. The maximum Gasteiger partial charge on any atom is 0.339 e. The van der Waals surface area contributed by atoms with E-state index in [2.05, 4.69) is 22.3 Å². The van der Waals surface area contributed by atoms with Crippen molar-refractivity contribution in [1.82, 2.24) is 4.90 Å². The van der Waals surface area contributed by atoms with Crippen LogP contribution in [0, 0.1) is 0 Å². The number of benzene rings is 2. The van der Waals surface area contributed by atoms with Crippen molar-refractivity contribution in [1.29, 1.82) is 0 Å². The second kappa shape index (κ2) is 7.58. The molecular weight excluding hydrogens is 332 g/mol. The lowest BCUT2D eigenvalue weighted by Crippen LogP contribution is -2.40. The van der Waals surface area contributed by atoms with Crippen LogP contribution in [0.2, 0.25) is 0 Å². The molecular formula is C20H22N2O4. The molecule has 1 aliphatic rings. The molecule has 6 nitrogen and oxygen atoms in total. The van der Waals surface area contributed by atoms with Crippen molar-refractivity contribution in [3.63, 3.8) is 0 Å². The molecule has 2 aromatic rings. The van der Waals surface area contributed by atoms with Gasteiger partial charge in [0.05, 0.1) is 13.2 Å². The number of aromatic carboxylic acids is 1. The Morgan fingerprint density at radius 1 is 1.19 bits per heavy atom. The number of carbonyl (C=O) groups is 2. The third-order valence-electron chi connectivity index (χ3n) is 4.84. The fraction of sp³-hybridized carbons (Fsp3) is 0.300. The van der Waals surface area contributed by atoms with Crippen LogP contribution in [0.4, 0.5) is 5.69 Å². The summed E-state index contributed by atoms with van der Waals surface area (Å²) < 4.78 is 5.12. The minimum atomic E-state index is -1.07. The number of carboxylic acid groups (broad SMARTS) is 1. The van der Waals surface area contributed by atoms with Crippen LogP contribution in [0.15, 0.2) is 48.5 Å². The molecule has 0 unspecified atom stereocenters. The summed E-state index contributed by atoms with van der Waals surface area (Å²) in [6.45, 7) is 0.846. The predicted molar refractivity (Wildman–Crippen MR) is 98.8 cm³/mol. The first kappa shape index (κ1) is 17.9. The van der Waals surface area contributed by atoms with E-state index in [1.165, 1.54) is 19.2 Å². The van der Waals surface area contributed by atoms with E-state index >= 15 is 0 Å². The van der Waals surface area contributed by atoms with E-state index in [1.54, 1.807) is 6.07 Å². The highest BCUT2D eigenvalue weighted by Crippen LogP contribution is 2.33. The van der Waals surface area contributed by atoms with E-state index in [4.69, 9.17) is 9.84 Å². The molecule has 0 radical (unpaired) electrons. The zero-order chi connectivity index (χ0) is 18.7. The number of rotatable bonds is 5. The van der Waals surface area contributed by atoms with E-state index in [1.807, 2.05) is 25.2 Å². The number of carboxylic acids is 1. The topological polar surface area (TPSA) is 78.9 Å². The van der Waals surface area contributed by atoms with Crippen LogP contribution in [0.1, 0.15) is 28.3 Å². The number of nitrogens with one attached hydrogen (secondary N) is 1. The number of carbonyl (C=O) groups excluding carboxylic acids is 1. The van der Waals surface area contributed by atoms with Gasteiger partial charge in [-0.3, -0.25) is 9.69 Å². The number of hydrogen-bond donors (Lipinski definition) is 2. The van der Waals surface area contributed by atoms with E-state index in [0.717, 1.165) is 18.5 Å². The van der Waals surface area contributed by atoms with Crippen LogP contribution < -0.4 is 10.1 Å². The van der Waals surface area contributed by atoms with Crippen LogP contribution in [-0.2, 0) is 4.79 Å². The van der Waals surface area contributed by atoms with Crippen molar-refractivity contribution in [2.24, 2.45) is 0 Å². The molecule has 2 N–H and O–H groups in total. The fourth-order valence-corrected chi connectivity index (χ4v) is 3.54. The van der Waals surface area contributed by atoms with Crippen molar-refractivity contribution in [2.45, 2.75) is 18.4 Å². The summed E-state index contributed by atoms with van der Waals surface area (Å²) in [5, 5.41) is 12.1. The van der Waals surface area contributed by atoms with E-state index in [0.29, 0.717) is 5.69 Å². The monoisotopic (exact) mass is 354 g/mol. The van der Waals surface area contributed by atoms with Crippen LogP contribution in [0.5, 0.6) is 5.75 Å². The maximum absolute atomic E-state index is 12.9. The van der Waals surface area contributed by atoms with Crippen LogP contribution in [0.25, 0.3) is 0 Å². The first-order valence-corrected chi connectivity index (χ1v) is 8.48. The summed E-state index contributed by atoms with van der Waals surface area (Å²) >= 11 is 0. The van der Waals surface area contributed by atoms with Gasteiger partial charge >= 0.3 is 5.97 Å². The summed E-state index contributed by atoms with van der Waals surface area (Å²) in [4.78, 5) is 26.2. The molecule has 0 saturated carbocycles. The van der Waals surface area contributed by atoms with Gasteiger partial charge in [-0.05, 0) is 37.7 Å². The molecule has 0 aromatic heterocycles. The molecule has 1 aliphatic heterocycles. The van der Waals surface area contributed by atoms with E-state index in [9.17, 15) is 9.59 Å². The predicted octanol–water partition coefficient (Wildman–Crippen LogP) is 2.82. The van der Waals surface area contributed by atoms with Crippen LogP contribution in [-0.4, -0.2) is 48.6 Å². The lowest BCUT2D eigenvalue weighted by atomic mass is 9.91. The van der Waals surface area contributed by atoms with Gasteiger partial charge in [0.1, 0.15) is 11.3 Å². The second-order valence-corrected chi connectivity index (χ2v) is 6.44. The van der Waals surface area contributed by atoms with Gasteiger partial charge in [-0.1, -0.05) is 30.3 Å². The van der Waals surface area contributed by atoms with E-state index < -0.39 is 5.97 Å². The van der Waals surface area contributed by atoms with E-state index in [-0.39, 0.29) is 29.2 Å². The molecule has 0 aliphatic carbocycles. The molecule has 26 heavy (non-hydrogen) atoms. The molecule has 2 aromatic carbocycles. The van der Waals surface area contributed by atoms with Gasteiger partial charge in [0, 0.05) is 17.7 Å². The van der Waals surface area contributed by atoms with Crippen molar-refractivity contribution in [3.8, 4) is 5.75 Å². The summed E-state index contributed by atoms with van der Waals surface area (Å²) in [5.74, 6) is -0.834. The molecule has 3 rings (SSSR count). The standard InChI is InChI=1S/C20H22N2O4/c1-22-11-10-15(13-6-4-3-5-7-13)18(22)19(23)21-14-8-9-16(20(24)25)17(12-14)26-2/h3-9,12,15,18H,10-11H2,1-2H3,(H,21,23)(H,24,25)/t15-,18-/m0/s1. The number of anilines is 1. The van der Waals surface area contributed by atoms with Crippen molar-refractivity contribution >= 4 is 17.6 Å². The van der Waals surface area contributed by atoms with Gasteiger partial charge < -0.3 is 15.2 Å². The van der Waals surface area contributed by atoms with Gasteiger partial charge in [-0.25, -0.2) is 4.79 Å². The largest absolute Gasteiger partial charge is 0.496 e. The average molecular weight is 354 g/mol. The lowest BCUT2D eigenvalue weighted by Gasteiger charge is -2.24. The third kappa shape index (κ3) is 3.55. The minimum absolute atomic E-state index is 0.0608. The number of likely N-dealkylation sites (N-methyl/N-ethyl adjacent to an activating group) is 1. The Hall–Kier alpha value is -2.86. The maximum atomic E-state index is 12.9. The summed E-state index contributed by atoms with van der Waals surface area (Å²) in [6.07, 6.45) is 0.917. The Morgan fingerprint density at radius 2 is 1.92 bits per heavy atom. The smallest absolute Gasteiger partial charge is 0.339 e. The zero-order valence-corrected chi connectivity index (χ0v) is 14.8. The fourth-order valence-electron chi connectivity index (χ4n) is 3.54. The molecule has 1 heterocycles. The molecule has 2 atom stereocenters. The van der Waals surface area contributed by atoms with Gasteiger partial charge in [-0.15, -0.1) is 0 Å². The Kier molecular flexibility index (Phi) is 5.23. The van der Waals surface area contributed by atoms with Crippen molar-refractivity contribution in [2.75, 3.05) is 26.0 Å². The Morgan fingerprint density at radius 3 is 2.58 bits per heavy atom. The van der Waals surface area contributed by atoms with Crippen LogP contribution >= 0.6 is 0 Å². The molecule has 0 spiro atoms. The highest BCUT2D eigenvalue weighted by molar-refractivity contribution is 5.97. The molecule has 136 valence electrons. The quantitative estimate of drug-likeness (QED) is 0.863. The molecule has 0 bridgehead atoms. The number of amides is 1. The molecule has 1 amide bonds. The summed E-state index contributed by atoms with van der Waals surface area (Å²) in [5.41, 5.74) is 1.73. The molecule has 1 fully saturated rings. The lowest BCUT2D eigenvalue weighted by molar-refractivity contribution is -0.120. The SMILES string of the molecule is COc1cc(NC(=O)[C@@H]2[C@H](c3ccccc3)CCN2C)ccc1C(=O)O. The highest BCUT2D eigenvalue weighted by Gasteiger charge is 2.38. The van der Waals surface area contributed by atoms with Gasteiger partial charge in [0.2, 0.25) is 5.91 Å². The number of nitrogens with zero attached hydrogens (tertiary/aromatic N) is 1. The Bertz CT molecular complexity index is 807. The summed E-state index contributed by atoms with van der Waals surface area (Å²) in [7, 11) is 3.35. The average Bonchev–Trinajstić information content (AvgIpc) is 3.03. The second-order valence-electron chi connectivity index (χ2n) is 6.44.